The topological polar surface area (TPSA) is 61.4 Å². The van der Waals surface area contributed by atoms with Crippen molar-refractivity contribution in [3.05, 3.63) is 29.3 Å². The van der Waals surface area contributed by atoms with Crippen molar-refractivity contribution in [2.75, 3.05) is 18.5 Å². The molecule has 3 N–H and O–H groups in total. The van der Waals surface area contributed by atoms with Crippen molar-refractivity contribution in [3.8, 4) is 0 Å². The molecule has 0 bridgehead atoms. The average molecular weight is 262 g/mol. The van der Waals surface area contributed by atoms with Crippen LogP contribution in [0.4, 0.5) is 5.69 Å². The second-order valence-electron chi connectivity index (χ2n) is 5.53. The molecule has 1 amide bonds. The van der Waals surface area contributed by atoms with Crippen LogP contribution < -0.4 is 10.6 Å². The zero-order chi connectivity index (χ0) is 13.8. The molecule has 19 heavy (non-hydrogen) atoms. The summed E-state index contributed by atoms with van der Waals surface area (Å²) in [5.74, 6) is 0.344. The number of amides is 1. The minimum absolute atomic E-state index is 0.0174. The number of hydrogen-bond acceptors (Lipinski definition) is 3. The zero-order valence-corrected chi connectivity index (χ0v) is 11.6. The number of aliphatic hydroxyl groups excluding tert-OH is 1. The zero-order valence-electron chi connectivity index (χ0n) is 11.6. The van der Waals surface area contributed by atoms with Crippen LogP contribution in [-0.4, -0.2) is 30.2 Å². The standard InChI is InChI=1S/C15H22N2O2/c1-10(2)7-13(9-18)17-15(19)12-3-4-14-11(8-12)5-6-16-14/h3-4,8,10,13,16,18H,5-7,9H2,1-2H3,(H,17,19). The number of benzene rings is 1. The molecule has 0 saturated carbocycles. The highest BCUT2D eigenvalue weighted by atomic mass is 16.3. The molecule has 1 atom stereocenters. The van der Waals surface area contributed by atoms with E-state index in [1.165, 1.54) is 5.56 Å². The molecule has 1 aliphatic heterocycles. The molecule has 1 heterocycles. The van der Waals surface area contributed by atoms with E-state index < -0.39 is 0 Å². The molecular weight excluding hydrogens is 240 g/mol. The molecule has 4 heteroatoms. The monoisotopic (exact) mass is 262 g/mol. The molecule has 1 aliphatic rings. The average Bonchev–Trinajstić information content (AvgIpc) is 2.84. The lowest BCUT2D eigenvalue weighted by Crippen LogP contribution is -2.38. The van der Waals surface area contributed by atoms with Gasteiger partial charge < -0.3 is 15.7 Å². The summed E-state index contributed by atoms with van der Waals surface area (Å²) in [6, 6.07) is 5.55. The highest BCUT2D eigenvalue weighted by Crippen LogP contribution is 2.23. The molecular formula is C15H22N2O2. The van der Waals surface area contributed by atoms with E-state index in [0.717, 1.165) is 25.1 Å². The van der Waals surface area contributed by atoms with Gasteiger partial charge in [-0.05, 0) is 42.5 Å². The Bertz CT molecular complexity index is 457. The van der Waals surface area contributed by atoms with Gasteiger partial charge in [0.05, 0.1) is 12.6 Å². The van der Waals surface area contributed by atoms with Gasteiger partial charge in [0, 0.05) is 17.8 Å². The number of fused-ring (bicyclic) bond motifs is 1. The molecule has 104 valence electrons. The smallest absolute Gasteiger partial charge is 0.251 e. The maximum Gasteiger partial charge on any atom is 0.251 e. The van der Waals surface area contributed by atoms with Gasteiger partial charge in [0.25, 0.3) is 5.91 Å². The SMILES string of the molecule is CC(C)CC(CO)NC(=O)c1ccc2c(c1)CCN2. The number of hydrogen-bond donors (Lipinski definition) is 3. The Balaban J connectivity index is 2.03. The molecule has 0 spiro atoms. The van der Waals surface area contributed by atoms with Gasteiger partial charge in [0.15, 0.2) is 0 Å². The third kappa shape index (κ3) is 3.47. The lowest BCUT2D eigenvalue weighted by Gasteiger charge is -2.18. The van der Waals surface area contributed by atoms with Crippen LogP contribution in [0.2, 0.25) is 0 Å². The summed E-state index contributed by atoms with van der Waals surface area (Å²) in [5.41, 5.74) is 2.99. The normalized spacial score (nSPS) is 14.9. The van der Waals surface area contributed by atoms with Crippen molar-refractivity contribution in [3.63, 3.8) is 0 Å². The van der Waals surface area contributed by atoms with Crippen molar-refractivity contribution >= 4 is 11.6 Å². The second-order valence-corrected chi connectivity index (χ2v) is 5.53. The van der Waals surface area contributed by atoms with Gasteiger partial charge in [-0.15, -0.1) is 0 Å². The van der Waals surface area contributed by atoms with Crippen LogP contribution in [0.25, 0.3) is 0 Å². The van der Waals surface area contributed by atoms with Gasteiger partial charge in [0.2, 0.25) is 0 Å². The fourth-order valence-electron chi connectivity index (χ4n) is 2.46. The first kappa shape index (κ1) is 13.9. The minimum Gasteiger partial charge on any atom is -0.394 e. The number of rotatable bonds is 5. The molecule has 0 aliphatic carbocycles. The van der Waals surface area contributed by atoms with E-state index in [4.69, 9.17) is 0 Å². The summed E-state index contributed by atoms with van der Waals surface area (Å²) in [6.45, 7) is 5.08. The van der Waals surface area contributed by atoms with Crippen molar-refractivity contribution in [1.82, 2.24) is 5.32 Å². The number of aliphatic hydroxyl groups is 1. The fourth-order valence-corrected chi connectivity index (χ4v) is 2.46. The maximum absolute atomic E-state index is 12.2. The van der Waals surface area contributed by atoms with Gasteiger partial charge >= 0.3 is 0 Å². The number of carbonyl (C=O) groups excluding carboxylic acids is 1. The van der Waals surface area contributed by atoms with Crippen LogP contribution in [0, 0.1) is 5.92 Å². The third-order valence-electron chi connectivity index (χ3n) is 3.39. The van der Waals surface area contributed by atoms with E-state index in [1.54, 1.807) is 0 Å². The summed E-state index contributed by atoms with van der Waals surface area (Å²) < 4.78 is 0. The van der Waals surface area contributed by atoms with Gasteiger partial charge in [-0.2, -0.15) is 0 Å². The first-order valence-corrected chi connectivity index (χ1v) is 6.88. The van der Waals surface area contributed by atoms with Crippen molar-refractivity contribution in [1.29, 1.82) is 0 Å². The molecule has 1 unspecified atom stereocenters. The van der Waals surface area contributed by atoms with Crippen molar-refractivity contribution in [2.45, 2.75) is 32.7 Å². The summed E-state index contributed by atoms with van der Waals surface area (Å²) >= 11 is 0. The largest absolute Gasteiger partial charge is 0.394 e. The Labute approximate surface area is 114 Å². The first-order valence-electron chi connectivity index (χ1n) is 6.88. The van der Waals surface area contributed by atoms with Crippen LogP contribution >= 0.6 is 0 Å². The van der Waals surface area contributed by atoms with Crippen LogP contribution in [0.5, 0.6) is 0 Å². The van der Waals surface area contributed by atoms with Crippen LogP contribution in [0.1, 0.15) is 36.2 Å². The Morgan fingerprint density at radius 3 is 2.95 bits per heavy atom. The van der Waals surface area contributed by atoms with Gasteiger partial charge in [0.1, 0.15) is 0 Å². The lowest BCUT2D eigenvalue weighted by atomic mass is 10.0. The van der Waals surface area contributed by atoms with E-state index in [-0.39, 0.29) is 18.6 Å². The van der Waals surface area contributed by atoms with Gasteiger partial charge in [-0.25, -0.2) is 0 Å². The molecule has 4 nitrogen and oxygen atoms in total. The molecule has 0 saturated heterocycles. The molecule has 0 aromatic heterocycles. The number of nitrogens with one attached hydrogen (secondary N) is 2. The number of anilines is 1. The molecule has 1 aromatic rings. The predicted molar refractivity (Wildman–Crippen MR) is 76.4 cm³/mol. The highest BCUT2D eigenvalue weighted by Gasteiger charge is 2.17. The molecule has 1 aromatic carbocycles. The summed E-state index contributed by atoms with van der Waals surface area (Å²) in [6.07, 6.45) is 1.75. The Kier molecular flexibility index (Phi) is 4.43. The number of carbonyl (C=O) groups is 1. The van der Waals surface area contributed by atoms with Crippen molar-refractivity contribution < 1.29 is 9.90 Å². The predicted octanol–water partition coefficient (Wildman–Crippen LogP) is 1.79. The fraction of sp³-hybridized carbons (Fsp3) is 0.533. The lowest BCUT2D eigenvalue weighted by molar-refractivity contribution is 0.0908. The van der Waals surface area contributed by atoms with Crippen molar-refractivity contribution in [2.24, 2.45) is 5.92 Å². The Morgan fingerprint density at radius 1 is 1.47 bits per heavy atom. The third-order valence-corrected chi connectivity index (χ3v) is 3.39. The Morgan fingerprint density at radius 2 is 2.26 bits per heavy atom. The molecule has 2 rings (SSSR count). The highest BCUT2D eigenvalue weighted by molar-refractivity contribution is 5.95. The van der Waals surface area contributed by atoms with E-state index in [2.05, 4.69) is 24.5 Å². The quantitative estimate of drug-likeness (QED) is 0.758. The van der Waals surface area contributed by atoms with E-state index >= 15 is 0 Å². The summed E-state index contributed by atoms with van der Waals surface area (Å²) in [4.78, 5) is 12.2. The van der Waals surface area contributed by atoms with Crippen LogP contribution in [0.15, 0.2) is 18.2 Å². The van der Waals surface area contributed by atoms with E-state index in [0.29, 0.717) is 11.5 Å². The van der Waals surface area contributed by atoms with E-state index in [1.807, 2.05) is 18.2 Å². The maximum atomic E-state index is 12.2. The minimum atomic E-state index is -0.168. The first-order chi connectivity index (χ1) is 9.10. The summed E-state index contributed by atoms with van der Waals surface area (Å²) in [7, 11) is 0. The van der Waals surface area contributed by atoms with Crippen LogP contribution in [-0.2, 0) is 6.42 Å². The van der Waals surface area contributed by atoms with Crippen LogP contribution in [0.3, 0.4) is 0 Å². The Hall–Kier alpha value is -1.55. The van der Waals surface area contributed by atoms with E-state index in [9.17, 15) is 9.90 Å². The molecule has 0 radical (unpaired) electrons. The second kappa shape index (κ2) is 6.06. The molecule has 0 fully saturated rings. The summed E-state index contributed by atoms with van der Waals surface area (Å²) in [5, 5.41) is 15.5. The van der Waals surface area contributed by atoms with Gasteiger partial charge in [-0.3, -0.25) is 4.79 Å². The van der Waals surface area contributed by atoms with Gasteiger partial charge in [-0.1, -0.05) is 13.8 Å².